The molecule has 0 aliphatic carbocycles. The van der Waals surface area contributed by atoms with Crippen LogP contribution in [0.4, 0.5) is 0 Å². The molecule has 0 bridgehead atoms. The van der Waals surface area contributed by atoms with Crippen molar-refractivity contribution in [2.45, 2.75) is 25.4 Å². The van der Waals surface area contributed by atoms with Gasteiger partial charge in [-0.15, -0.1) is 0 Å². The molecule has 0 aromatic carbocycles. The van der Waals surface area contributed by atoms with Gasteiger partial charge in [-0.1, -0.05) is 0 Å². The Kier molecular flexibility index (Phi) is 1.93. The van der Waals surface area contributed by atoms with E-state index in [0.717, 1.165) is 13.1 Å². The van der Waals surface area contributed by atoms with Crippen LogP contribution in [0.2, 0.25) is 0 Å². The molecule has 56 valence electrons. The molecule has 0 aromatic rings. The van der Waals surface area contributed by atoms with Crippen molar-refractivity contribution >= 4 is 0 Å². The third-order valence-electron chi connectivity index (χ3n) is 1.64. The molecule has 0 radical (unpaired) electrons. The fourth-order valence-corrected chi connectivity index (χ4v) is 1.18. The molecule has 1 aliphatic rings. The second kappa shape index (κ2) is 2.57. The van der Waals surface area contributed by atoms with Crippen LogP contribution < -0.4 is 10.6 Å². The summed E-state index contributed by atoms with van der Waals surface area (Å²) in [5, 5.41) is 15.0. The average molecular weight is 139 g/mol. The molecule has 0 aromatic heterocycles. The SMILES string of the molecule is CC1(C)CNCC(C#N)N1. The predicted octanol–water partition coefficient (Wildman–Crippen LogP) is -0.150. The molecule has 1 atom stereocenters. The Bertz CT molecular complexity index is 157. The fraction of sp³-hybridized carbons (Fsp3) is 0.857. The molecular formula is C7H13N3. The standard InChI is InChI=1S/C7H13N3/c1-7(2)5-9-4-6(3-8)10-7/h6,9-10H,4-5H2,1-2H3. The lowest BCUT2D eigenvalue weighted by Crippen LogP contribution is -2.60. The first-order chi connectivity index (χ1) is 4.64. The van der Waals surface area contributed by atoms with Crippen LogP contribution in [0.25, 0.3) is 0 Å². The topological polar surface area (TPSA) is 47.9 Å². The minimum Gasteiger partial charge on any atom is -0.312 e. The van der Waals surface area contributed by atoms with Gasteiger partial charge in [0.25, 0.3) is 0 Å². The number of hydrogen-bond acceptors (Lipinski definition) is 3. The average Bonchev–Trinajstić information content (AvgIpc) is 1.86. The lowest BCUT2D eigenvalue weighted by Gasteiger charge is -2.34. The Morgan fingerprint density at radius 2 is 2.30 bits per heavy atom. The Morgan fingerprint density at radius 1 is 1.60 bits per heavy atom. The van der Waals surface area contributed by atoms with Gasteiger partial charge in [0.05, 0.1) is 6.07 Å². The minimum atomic E-state index is -0.0243. The zero-order chi connectivity index (χ0) is 7.61. The van der Waals surface area contributed by atoms with Crippen molar-refractivity contribution < 1.29 is 0 Å². The van der Waals surface area contributed by atoms with Crippen LogP contribution >= 0.6 is 0 Å². The largest absolute Gasteiger partial charge is 0.312 e. The van der Waals surface area contributed by atoms with E-state index in [1.807, 2.05) is 0 Å². The Morgan fingerprint density at radius 3 is 2.70 bits per heavy atom. The highest BCUT2D eigenvalue weighted by Crippen LogP contribution is 2.05. The number of nitrogens with one attached hydrogen (secondary N) is 2. The summed E-state index contributed by atoms with van der Waals surface area (Å²) >= 11 is 0. The van der Waals surface area contributed by atoms with Gasteiger partial charge in [-0.05, 0) is 13.8 Å². The minimum absolute atomic E-state index is 0.0243. The lowest BCUT2D eigenvalue weighted by molar-refractivity contribution is 0.292. The van der Waals surface area contributed by atoms with E-state index in [1.54, 1.807) is 0 Å². The first-order valence-corrected chi connectivity index (χ1v) is 3.52. The first-order valence-electron chi connectivity index (χ1n) is 3.52. The van der Waals surface area contributed by atoms with Crippen LogP contribution in [0.15, 0.2) is 0 Å². The Balaban J connectivity index is 2.49. The van der Waals surface area contributed by atoms with Gasteiger partial charge < -0.3 is 5.32 Å². The third kappa shape index (κ3) is 1.69. The van der Waals surface area contributed by atoms with Gasteiger partial charge in [0, 0.05) is 18.6 Å². The zero-order valence-corrected chi connectivity index (χ0v) is 6.44. The molecule has 0 spiro atoms. The second-order valence-electron chi connectivity index (χ2n) is 3.34. The van der Waals surface area contributed by atoms with Gasteiger partial charge in [0.1, 0.15) is 6.04 Å². The highest BCUT2D eigenvalue weighted by atomic mass is 15.1. The Labute approximate surface area is 61.4 Å². The van der Waals surface area contributed by atoms with Crippen molar-refractivity contribution in [1.82, 2.24) is 10.6 Å². The van der Waals surface area contributed by atoms with E-state index < -0.39 is 0 Å². The molecule has 2 N–H and O–H groups in total. The van der Waals surface area contributed by atoms with Crippen molar-refractivity contribution in [2.24, 2.45) is 0 Å². The maximum Gasteiger partial charge on any atom is 0.108 e. The molecule has 3 nitrogen and oxygen atoms in total. The van der Waals surface area contributed by atoms with Crippen molar-refractivity contribution in [1.29, 1.82) is 5.26 Å². The molecule has 1 heterocycles. The van der Waals surface area contributed by atoms with Gasteiger partial charge >= 0.3 is 0 Å². The molecule has 1 rings (SSSR count). The number of nitrogens with zero attached hydrogens (tertiary/aromatic N) is 1. The molecular weight excluding hydrogens is 126 g/mol. The van der Waals surface area contributed by atoms with Crippen LogP contribution in [-0.4, -0.2) is 24.7 Å². The fourth-order valence-electron chi connectivity index (χ4n) is 1.18. The number of rotatable bonds is 0. The second-order valence-corrected chi connectivity index (χ2v) is 3.34. The highest BCUT2D eigenvalue weighted by Gasteiger charge is 2.25. The molecule has 1 unspecified atom stereocenters. The van der Waals surface area contributed by atoms with E-state index in [1.165, 1.54) is 0 Å². The summed E-state index contributed by atoms with van der Waals surface area (Å²) in [6.07, 6.45) is 0. The normalized spacial score (nSPS) is 31.1. The van der Waals surface area contributed by atoms with Crippen LogP contribution in [0, 0.1) is 11.3 Å². The summed E-state index contributed by atoms with van der Waals surface area (Å²) in [7, 11) is 0. The molecule has 10 heavy (non-hydrogen) atoms. The Hall–Kier alpha value is -0.590. The van der Waals surface area contributed by atoms with Crippen LogP contribution in [0.5, 0.6) is 0 Å². The third-order valence-corrected chi connectivity index (χ3v) is 1.64. The van der Waals surface area contributed by atoms with E-state index >= 15 is 0 Å². The van der Waals surface area contributed by atoms with E-state index in [4.69, 9.17) is 5.26 Å². The first kappa shape index (κ1) is 7.52. The van der Waals surface area contributed by atoms with Crippen LogP contribution in [-0.2, 0) is 0 Å². The smallest absolute Gasteiger partial charge is 0.108 e. The van der Waals surface area contributed by atoms with Gasteiger partial charge in [-0.2, -0.15) is 5.26 Å². The summed E-state index contributed by atoms with van der Waals surface area (Å²) < 4.78 is 0. The molecule has 3 heteroatoms. The van der Waals surface area contributed by atoms with Gasteiger partial charge in [0.15, 0.2) is 0 Å². The van der Waals surface area contributed by atoms with Crippen molar-refractivity contribution in [3.63, 3.8) is 0 Å². The molecule has 0 saturated carbocycles. The van der Waals surface area contributed by atoms with E-state index in [9.17, 15) is 0 Å². The number of hydrogen-bond donors (Lipinski definition) is 2. The quantitative estimate of drug-likeness (QED) is 0.490. The summed E-state index contributed by atoms with van der Waals surface area (Å²) in [4.78, 5) is 0. The maximum absolute atomic E-state index is 8.57. The summed E-state index contributed by atoms with van der Waals surface area (Å²) in [5.74, 6) is 0. The monoisotopic (exact) mass is 139 g/mol. The summed E-state index contributed by atoms with van der Waals surface area (Å²) in [5.41, 5.74) is 0.0681. The lowest BCUT2D eigenvalue weighted by atomic mass is 10.0. The van der Waals surface area contributed by atoms with Gasteiger partial charge in [0.2, 0.25) is 0 Å². The van der Waals surface area contributed by atoms with Gasteiger partial charge in [-0.25, -0.2) is 0 Å². The van der Waals surface area contributed by atoms with E-state index in [2.05, 4.69) is 30.6 Å². The number of piperazine rings is 1. The van der Waals surface area contributed by atoms with Crippen molar-refractivity contribution in [3.8, 4) is 6.07 Å². The maximum atomic E-state index is 8.57. The van der Waals surface area contributed by atoms with E-state index in [0.29, 0.717) is 0 Å². The summed E-state index contributed by atoms with van der Waals surface area (Å²) in [6.45, 7) is 5.87. The van der Waals surface area contributed by atoms with Crippen LogP contribution in [0.3, 0.4) is 0 Å². The number of nitriles is 1. The summed E-state index contributed by atoms with van der Waals surface area (Å²) in [6, 6.07) is 2.16. The molecule has 0 amide bonds. The highest BCUT2D eigenvalue weighted by molar-refractivity contribution is 5.00. The van der Waals surface area contributed by atoms with Crippen molar-refractivity contribution in [3.05, 3.63) is 0 Å². The zero-order valence-electron chi connectivity index (χ0n) is 6.44. The van der Waals surface area contributed by atoms with Crippen LogP contribution in [0.1, 0.15) is 13.8 Å². The van der Waals surface area contributed by atoms with E-state index in [-0.39, 0.29) is 11.6 Å². The molecule has 1 aliphatic heterocycles. The van der Waals surface area contributed by atoms with Crippen molar-refractivity contribution in [2.75, 3.05) is 13.1 Å². The molecule has 1 fully saturated rings. The van der Waals surface area contributed by atoms with Gasteiger partial charge in [-0.3, -0.25) is 5.32 Å². The molecule has 1 saturated heterocycles. The predicted molar refractivity (Wildman–Crippen MR) is 39.5 cm³/mol.